The predicted octanol–water partition coefficient (Wildman–Crippen LogP) is 2.10. The van der Waals surface area contributed by atoms with E-state index in [4.69, 9.17) is 0 Å². The monoisotopic (exact) mass is 350 g/mol. The number of aryl methyl sites for hydroxylation is 1. The molecule has 0 saturated carbocycles. The number of carbonyl (C=O) groups excluding carboxylic acids is 1. The van der Waals surface area contributed by atoms with E-state index in [9.17, 15) is 4.79 Å². The van der Waals surface area contributed by atoms with Gasteiger partial charge in [0.05, 0.1) is 17.7 Å². The van der Waals surface area contributed by atoms with Crippen molar-refractivity contribution in [3.8, 4) is 0 Å². The summed E-state index contributed by atoms with van der Waals surface area (Å²) < 4.78 is 1.80. The maximum Gasteiger partial charge on any atom is 0.245 e. The van der Waals surface area contributed by atoms with Gasteiger partial charge in [-0.15, -0.1) is 0 Å². The van der Waals surface area contributed by atoms with Crippen molar-refractivity contribution in [1.82, 2.24) is 29.6 Å². The number of nitrogens with zero attached hydrogens (tertiary/aromatic N) is 5. The van der Waals surface area contributed by atoms with Gasteiger partial charge in [-0.05, 0) is 38.0 Å². The van der Waals surface area contributed by atoms with Crippen LogP contribution in [0.4, 0.5) is 0 Å². The summed E-state index contributed by atoms with van der Waals surface area (Å²) in [5.41, 5.74) is 6.10. The highest BCUT2D eigenvalue weighted by atomic mass is 16.2. The van der Waals surface area contributed by atoms with Crippen LogP contribution in [0.25, 0.3) is 0 Å². The van der Waals surface area contributed by atoms with Crippen LogP contribution in [0, 0.1) is 20.8 Å². The molecule has 7 nitrogen and oxygen atoms in total. The summed E-state index contributed by atoms with van der Waals surface area (Å²) >= 11 is 0. The molecule has 0 unspecified atom stereocenters. The average molecular weight is 350 g/mol. The Morgan fingerprint density at radius 3 is 2.88 bits per heavy atom. The van der Waals surface area contributed by atoms with Crippen LogP contribution in [0.15, 0.2) is 30.9 Å². The zero-order chi connectivity index (χ0) is 18.3. The number of hydrogen-bond acceptors (Lipinski definition) is 4. The SMILES string of the molecule is Cc1nn(CC(=O)N2CCc3[nH]cnc3[C@@H]2c2cccnc2)c(C)c1C. The first-order chi connectivity index (χ1) is 12.6. The van der Waals surface area contributed by atoms with E-state index in [1.807, 2.05) is 44.0 Å². The summed E-state index contributed by atoms with van der Waals surface area (Å²) in [6.45, 7) is 6.89. The van der Waals surface area contributed by atoms with Crippen molar-refractivity contribution >= 4 is 5.91 Å². The van der Waals surface area contributed by atoms with Crippen LogP contribution in [0.5, 0.6) is 0 Å². The van der Waals surface area contributed by atoms with Crippen LogP contribution < -0.4 is 0 Å². The van der Waals surface area contributed by atoms with E-state index < -0.39 is 0 Å². The van der Waals surface area contributed by atoms with Crippen molar-refractivity contribution in [2.24, 2.45) is 0 Å². The van der Waals surface area contributed by atoms with Gasteiger partial charge >= 0.3 is 0 Å². The molecular formula is C19H22N6O. The fourth-order valence-corrected chi connectivity index (χ4v) is 3.58. The smallest absolute Gasteiger partial charge is 0.245 e. The number of carbonyl (C=O) groups is 1. The van der Waals surface area contributed by atoms with E-state index >= 15 is 0 Å². The summed E-state index contributed by atoms with van der Waals surface area (Å²) in [7, 11) is 0. The summed E-state index contributed by atoms with van der Waals surface area (Å²) in [4.78, 5) is 27.0. The van der Waals surface area contributed by atoms with Crippen LogP contribution >= 0.6 is 0 Å². The van der Waals surface area contributed by atoms with Crippen molar-refractivity contribution in [3.63, 3.8) is 0 Å². The van der Waals surface area contributed by atoms with E-state index in [2.05, 4.69) is 20.1 Å². The third-order valence-electron chi connectivity index (χ3n) is 5.27. The lowest BCUT2D eigenvalue weighted by atomic mass is 9.96. The lowest BCUT2D eigenvalue weighted by molar-refractivity contribution is -0.134. The van der Waals surface area contributed by atoms with E-state index in [-0.39, 0.29) is 18.5 Å². The van der Waals surface area contributed by atoms with Crippen molar-refractivity contribution in [2.75, 3.05) is 6.54 Å². The largest absolute Gasteiger partial charge is 0.348 e. The Labute approximate surface area is 152 Å². The highest BCUT2D eigenvalue weighted by molar-refractivity contribution is 5.77. The van der Waals surface area contributed by atoms with Crippen molar-refractivity contribution in [3.05, 3.63) is 64.8 Å². The van der Waals surface area contributed by atoms with E-state index in [1.165, 1.54) is 0 Å². The van der Waals surface area contributed by atoms with Gasteiger partial charge in [0, 0.05) is 36.7 Å². The van der Waals surface area contributed by atoms with Gasteiger partial charge in [-0.3, -0.25) is 14.5 Å². The predicted molar refractivity (Wildman–Crippen MR) is 96.5 cm³/mol. The molecule has 0 radical (unpaired) electrons. The third kappa shape index (κ3) is 2.69. The number of nitrogens with one attached hydrogen (secondary N) is 1. The normalized spacial score (nSPS) is 16.6. The Morgan fingerprint density at radius 1 is 1.35 bits per heavy atom. The molecule has 1 atom stereocenters. The molecule has 3 aromatic heterocycles. The minimum Gasteiger partial charge on any atom is -0.348 e. The fourth-order valence-electron chi connectivity index (χ4n) is 3.58. The molecule has 0 bridgehead atoms. The zero-order valence-corrected chi connectivity index (χ0v) is 15.2. The first-order valence-corrected chi connectivity index (χ1v) is 8.78. The molecule has 1 amide bonds. The molecule has 134 valence electrons. The van der Waals surface area contributed by atoms with Crippen molar-refractivity contribution < 1.29 is 4.79 Å². The topological polar surface area (TPSA) is 79.7 Å². The molecule has 1 N–H and O–H groups in total. The summed E-state index contributed by atoms with van der Waals surface area (Å²) in [6, 6.07) is 3.67. The minimum atomic E-state index is -0.218. The third-order valence-corrected chi connectivity index (χ3v) is 5.27. The molecular weight excluding hydrogens is 328 g/mol. The number of rotatable bonds is 3. The highest BCUT2D eigenvalue weighted by Crippen LogP contribution is 2.33. The van der Waals surface area contributed by atoms with E-state index in [1.54, 1.807) is 17.2 Å². The van der Waals surface area contributed by atoms with E-state index in [0.717, 1.165) is 40.3 Å². The number of aromatic nitrogens is 5. The molecule has 0 saturated heterocycles. The zero-order valence-electron chi connectivity index (χ0n) is 15.2. The second-order valence-electron chi connectivity index (χ2n) is 6.75. The Bertz CT molecular complexity index is 942. The molecule has 3 aromatic rings. The highest BCUT2D eigenvalue weighted by Gasteiger charge is 2.34. The minimum absolute atomic E-state index is 0.0399. The van der Waals surface area contributed by atoms with Gasteiger partial charge in [0.2, 0.25) is 5.91 Å². The Kier molecular flexibility index (Phi) is 4.06. The number of amides is 1. The Balaban J connectivity index is 1.68. The quantitative estimate of drug-likeness (QED) is 0.784. The van der Waals surface area contributed by atoms with Gasteiger partial charge in [-0.1, -0.05) is 6.07 Å². The van der Waals surface area contributed by atoms with Crippen LogP contribution in [0.3, 0.4) is 0 Å². The second-order valence-corrected chi connectivity index (χ2v) is 6.75. The van der Waals surface area contributed by atoms with Crippen molar-refractivity contribution in [1.29, 1.82) is 0 Å². The van der Waals surface area contributed by atoms with Crippen LogP contribution in [-0.2, 0) is 17.8 Å². The molecule has 4 rings (SSSR count). The molecule has 0 fully saturated rings. The molecule has 0 aliphatic carbocycles. The molecule has 1 aliphatic rings. The molecule has 4 heterocycles. The maximum absolute atomic E-state index is 13.2. The fraction of sp³-hybridized carbons (Fsp3) is 0.368. The summed E-state index contributed by atoms with van der Waals surface area (Å²) in [5, 5.41) is 4.51. The van der Waals surface area contributed by atoms with Crippen LogP contribution in [0.2, 0.25) is 0 Å². The summed E-state index contributed by atoms with van der Waals surface area (Å²) in [5.74, 6) is 0.0399. The van der Waals surface area contributed by atoms with Crippen molar-refractivity contribution in [2.45, 2.75) is 39.8 Å². The lowest BCUT2D eigenvalue weighted by Gasteiger charge is -2.35. The Morgan fingerprint density at radius 2 is 2.19 bits per heavy atom. The molecule has 0 spiro atoms. The number of imidazole rings is 1. The summed E-state index contributed by atoms with van der Waals surface area (Å²) in [6.07, 6.45) is 6.02. The Hall–Kier alpha value is -2.96. The molecule has 0 aromatic carbocycles. The molecule has 26 heavy (non-hydrogen) atoms. The number of hydrogen-bond donors (Lipinski definition) is 1. The van der Waals surface area contributed by atoms with Crippen LogP contribution in [0.1, 0.15) is 39.9 Å². The number of fused-ring (bicyclic) bond motifs is 1. The first-order valence-electron chi connectivity index (χ1n) is 8.78. The lowest BCUT2D eigenvalue weighted by Crippen LogP contribution is -2.42. The van der Waals surface area contributed by atoms with Gasteiger partial charge < -0.3 is 9.88 Å². The van der Waals surface area contributed by atoms with Gasteiger partial charge in [-0.25, -0.2) is 4.98 Å². The van der Waals surface area contributed by atoms with Gasteiger partial charge in [0.15, 0.2) is 0 Å². The molecule has 7 heteroatoms. The van der Waals surface area contributed by atoms with Gasteiger partial charge in [0.25, 0.3) is 0 Å². The average Bonchev–Trinajstić information content (AvgIpc) is 3.22. The second kappa shape index (κ2) is 6.40. The number of H-pyrrole nitrogens is 1. The molecule has 1 aliphatic heterocycles. The maximum atomic E-state index is 13.2. The van der Waals surface area contributed by atoms with Crippen LogP contribution in [-0.4, -0.2) is 42.1 Å². The van der Waals surface area contributed by atoms with Gasteiger partial charge in [-0.2, -0.15) is 5.10 Å². The first kappa shape index (κ1) is 16.5. The van der Waals surface area contributed by atoms with Gasteiger partial charge in [0.1, 0.15) is 12.6 Å². The standard InChI is InChI=1S/C19H22N6O/c1-12-13(2)23-25(14(12)3)10-17(26)24-8-6-16-18(22-11-21-16)19(24)15-5-4-7-20-9-15/h4-5,7,9,11,19H,6,8,10H2,1-3H3,(H,21,22)/t19-/m0/s1. The van der Waals surface area contributed by atoms with E-state index in [0.29, 0.717) is 6.54 Å². The number of pyridine rings is 1. The number of aromatic amines is 1.